The van der Waals surface area contributed by atoms with E-state index in [4.69, 9.17) is 9.47 Å². The molecule has 0 aliphatic carbocycles. The number of halogens is 4. The van der Waals surface area contributed by atoms with Gasteiger partial charge in [-0.2, -0.15) is 17.6 Å². The third kappa shape index (κ3) is 6.01. The van der Waals surface area contributed by atoms with E-state index in [0.717, 1.165) is 16.9 Å². The summed E-state index contributed by atoms with van der Waals surface area (Å²) < 4.78 is 67.5. The minimum Gasteiger partial charge on any atom is -0.491 e. The maximum absolute atomic E-state index is 14.7. The Hall–Kier alpha value is -3.68. The highest BCUT2D eigenvalue weighted by atomic mass is 19.3. The van der Waals surface area contributed by atoms with E-state index in [1.54, 1.807) is 12.1 Å². The van der Waals surface area contributed by atoms with Gasteiger partial charge in [-0.3, -0.25) is 4.79 Å². The van der Waals surface area contributed by atoms with Crippen molar-refractivity contribution in [3.05, 3.63) is 95.1 Å². The molecule has 0 aliphatic rings. The van der Waals surface area contributed by atoms with Crippen LogP contribution in [0.1, 0.15) is 56.9 Å². The van der Waals surface area contributed by atoms with Crippen LogP contribution in [-0.4, -0.2) is 17.9 Å². The highest BCUT2D eigenvalue weighted by molar-refractivity contribution is 5.85. The van der Waals surface area contributed by atoms with E-state index in [2.05, 4.69) is 0 Å². The monoisotopic (exact) mass is 516 g/mol. The van der Waals surface area contributed by atoms with Crippen molar-refractivity contribution in [1.82, 2.24) is 0 Å². The van der Waals surface area contributed by atoms with Gasteiger partial charge in [0.2, 0.25) is 5.78 Å². The van der Waals surface area contributed by atoms with E-state index in [1.165, 1.54) is 12.1 Å². The molecule has 0 saturated heterocycles. The number of carbonyl (C=O) groups excluding carboxylic acids is 2. The predicted octanol–water partition coefficient (Wildman–Crippen LogP) is 7.18. The molecule has 0 heterocycles. The van der Waals surface area contributed by atoms with Gasteiger partial charge in [-0.15, -0.1) is 0 Å². The topological polar surface area (TPSA) is 52.6 Å². The number of ketones is 1. The zero-order valence-electron chi connectivity index (χ0n) is 21.2. The molecule has 0 atom stereocenters. The van der Waals surface area contributed by atoms with E-state index in [9.17, 15) is 27.2 Å². The Kier molecular flexibility index (Phi) is 7.81. The minimum absolute atomic E-state index is 0.0531. The lowest BCUT2D eigenvalue weighted by atomic mass is 9.78. The molecule has 0 saturated carbocycles. The molecular weight excluding hydrogens is 488 g/mol. The molecule has 0 fully saturated rings. The lowest BCUT2D eigenvalue weighted by Crippen LogP contribution is -2.31. The van der Waals surface area contributed by atoms with Crippen LogP contribution in [0.15, 0.2) is 72.8 Å². The molecule has 3 aromatic rings. The van der Waals surface area contributed by atoms with Crippen molar-refractivity contribution in [3.63, 3.8) is 0 Å². The Morgan fingerprint density at radius 2 is 1.03 bits per heavy atom. The number of alkyl halides is 4. The quantitative estimate of drug-likeness (QED) is 0.172. The molecular formula is C29H28F4O4. The molecule has 196 valence electrons. The van der Waals surface area contributed by atoms with Crippen LogP contribution in [0, 0.1) is 0 Å². The smallest absolute Gasteiger partial charge is 0.387 e. The van der Waals surface area contributed by atoms with Crippen LogP contribution in [0.5, 0.6) is 11.5 Å². The van der Waals surface area contributed by atoms with E-state index >= 15 is 0 Å². The van der Waals surface area contributed by atoms with Crippen molar-refractivity contribution in [3.8, 4) is 11.5 Å². The highest BCUT2D eigenvalue weighted by Crippen LogP contribution is 2.36. The first kappa shape index (κ1) is 27.9. The van der Waals surface area contributed by atoms with Crippen LogP contribution >= 0.6 is 0 Å². The molecule has 0 amide bonds. The largest absolute Gasteiger partial charge is 0.491 e. The molecule has 4 nitrogen and oxygen atoms in total. The third-order valence-corrected chi connectivity index (χ3v) is 6.04. The Bertz CT molecular complexity index is 1250. The number of rotatable bonds is 9. The van der Waals surface area contributed by atoms with Crippen molar-refractivity contribution in [2.75, 3.05) is 0 Å². The standard InChI is InChI=1S/C29H28F4O4/c1-18(2)36-24-14-10-20(11-15-24)27(4,5)21-12-16-25(17-13-21)37-26(35)29(32,33)23-8-6-22(7-9-23)28(30,31)19(3)34/h6-18H,1-5H3. The molecule has 0 aromatic heterocycles. The summed E-state index contributed by atoms with van der Waals surface area (Å²) in [5.74, 6) is -10.5. The Balaban J connectivity index is 1.73. The van der Waals surface area contributed by atoms with Gasteiger partial charge in [-0.1, -0.05) is 62.4 Å². The summed E-state index contributed by atoms with van der Waals surface area (Å²) in [5.41, 5.74) is -0.152. The molecule has 8 heteroatoms. The normalized spacial score (nSPS) is 12.4. The van der Waals surface area contributed by atoms with Crippen molar-refractivity contribution in [2.24, 2.45) is 0 Å². The number of ether oxygens (including phenoxy) is 2. The van der Waals surface area contributed by atoms with E-state index in [0.29, 0.717) is 31.2 Å². The first-order valence-electron chi connectivity index (χ1n) is 11.6. The van der Waals surface area contributed by atoms with Gasteiger partial charge < -0.3 is 9.47 Å². The summed E-state index contributed by atoms with van der Waals surface area (Å²) >= 11 is 0. The Labute approximate surface area is 213 Å². The van der Waals surface area contributed by atoms with Crippen LogP contribution in [0.3, 0.4) is 0 Å². The molecule has 3 rings (SSSR count). The van der Waals surface area contributed by atoms with Gasteiger partial charge in [0.15, 0.2) is 0 Å². The molecule has 37 heavy (non-hydrogen) atoms. The average Bonchev–Trinajstić information content (AvgIpc) is 2.84. The van der Waals surface area contributed by atoms with Crippen molar-refractivity contribution in [2.45, 2.75) is 58.0 Å². The van der Waals surface area contributed by atoms with Gasteiger partial charge in [0, 0.05) is 23.5 Å². The second-order valence-corrected chi connectivity index (χ2v) is 9.51. The van der Waals surface area contributed by atoms with Gasteiger partial charge in [-0.25, -0.2) is 4.79 Å². The third-order valence-electron chi connectivity index (χ3n) is 6.04. The molecule has 0 spiro atoms. The number of carbonyl (C=O) groups is 2. The number of hydrogen-bond donors (Lipinski definition) is 0. The maximum atomic E-state index is 14.7. The molecule has 0 bridgehead atoms. The van der Waals surface area contributed by atoms with Gasteiger partial charge in [0.05, 0.1) is 6.10 Å². The van der Waals surface area contributed by atoms with Crippen LogP contribution in [-0.2, 0) is 26.8 Å². The highest BCUT2D eigenvalue weighted by Gasteiger charge is 2.44. The van der Waals surface area contributed by atoms with Gasteiger partial charge in [0.25, 0.3) is 0 Å². The first-order valence-corrected chi connectivity index (χ1v) is 11.6. The summed E-state index contributed by atoms with van der Waals surface area (Å²) in [7, 11) is 0. The van der Waals surface area contributed by atoms with Gasteiger partial charge >= 0.3 is 17.8 Å². The lowest BCUT2D eigenvalue weighted by molar-refractivity contribution is -0.163. The molecule has 3 aromatic carbocycles. The number of Topliss-reactive ketones (excluding diaryl/α,β-unsaturated/α-hetero) is 1. The van der Waals surface area contributed by atoms with Crippen LogP contribution in [0.25, 0.3) is 0 Å². The summed E-state index contributed by atoms with van der Waals surface area (Å²) in [6, 6.07) is 16.6. The van der Waals surface area contributed by atoms with Crippen LogP contribution in [0.2, 0.25) is 0 Å². The maximum Gasteiger partial charge on any atom is 0.387 e. The zero-order valence-corrected chi connectivity index (χ0v) is 21.2. The predicted molar refractivity (Wildman–Crippen MR) is 131 cm³/mol. The summed E-state index contributed by atoms with van der Waals surface area (Å²) in [4.78, 5) is 23.3. The van der Waals surface area contributed by atoms with E-state index in [-0.39, 0.29) is 11.9 Å². The van der Waals surface area contributed by atoms with Gasteiger partial charge in [-0.05, 0) is 49.2 Å². The summed E-state index contributed by atoms with van der Waals surface area (Å²) in [6.07, 6.45) is 0.0531. The molecule has 0 N–H and O–H groups in total. The summed E-state index contributed by atoms with van der Waals surface area (Å²) in [6.45, 7) is 8.58. The van der Waals surface area contributed by atoms with Crippen LogP contribution in [0.4, 0.5) is 17.6 Å². The Morgan fingerprint density at radius 3 is 1.43 bits per heavy atom. The zero-order chi connectivity index (χ0) is 27.6. The van der Waals surface area contributed by atoms with Gasteiger partial charge in [0.1, 0.15) is 11.5 Å². The van der Waals surface area contributed by atoms with Crippen molar-refractivity contribution in [1.29, 1.82) is 0 Å². The van der Waals surface area contributed by atoms with Crippen molar-refractivity contribution >= 4 is 11.8 Å². The fourth-order valence-electron chi connectivity index (χ4n) is 3.71. The van der Waals surface area contributed by atoms with Crippen LogP contribution < -0.4 is 9.47 Å². The first-order chi connectivity index (χ1) is 17.2. The molecule has 0 aliphatic heterocycles. The van der Waals surface area contributed by atoms with Crippen molar-refractivity contribution < 1.29 is 36.6 Å². The number of esters is 1. The summed E-state index contributed by atoms with van der Waals surface area (Å²) in [5, 5.41) is 0. The Morgan fingerprint density at radius 1 is 0.649 bits per heavy atom. The second kappa shape index (κ2) is 10.4. The minimum atomic E-state index is -4.10. The fourth-order valence-corrected chi connectivity index (χ4v) is 3.71. The second-order valence-electron chi connectivity index (χ2n) is 9.51. The fraction of sp³-hybridized carbons (Fsp3) is 0.310. The number of hydrogen-bond acceptors (Lipinski definition) is 4. The lowest BCUT2D eigenvalue weighted by Gasteiger charge is -2.26. The molecule has 0 radical (unpaired) electrons. The average molecular weight is 517 g/mol. The molecule has 0 unspecified atom stereocenters. The SMILES string of the molecule is CC(=O)C(F)(F)c1ccc(C(F)(F)C(=O)Oc2ccc(C(C)(C)c3ccc(OC(C)C)cc3)cc2)cc1. The number of benzene rings is 3. The van der Waals surface area contributed by atoms with E-state index in [1.807, 2.05) is 52.0 Å². The van der Waals surface area contributed by atoms with E-state index < -0.39 is 40.1 Å².